The molecule has 1 aliphatic rings. The third kappa shape index (κ3) is 1.45. The summed E-state index contributed by atoms with van der Waals surface area (Å²) in [6.07, 6.45) is 0. The molecule has 2 N–H and O–H groups in total. The number of anilines is 1. The van der Waals surface area contributed by atoms with Crippen molar-refractivity contribution in [2.75, 3.05) is 5.73 Å². The molecule has 2 aromatic rings. The Kier molecular flexibility index (Phi) is 2.18. The van der Waals surface area contributed by atoms with Crippen LogP contribution < -0.4 is 5.73 Å². The van der Waals surface area contributed by atoms with Crippen molar-refractivity contribution in [3.63, 3.8) is 0 Å². The standard InChI is InChI=1S/C13H7Cl2NO/c14-6-1-2-7-8-4-11(15)12(16)5-10(8)13(17)9(7)3-6/h1-5H,16H2. The van der Waals surface area contributed by atoms with Gasteiger partial charge >= 0.3 is 0 Å². The fourth-order valence-electron chi connectivity index (χ4n) is 2.08. The monoisotopic (exact) mass is 263 g/mol. The molecule has 0 heterocycles. The van der Waals surface area contributed by atoms with Gasteiger partial charge in [0.25, 0.3) is 0 Å². The number of hydrogen-bond donors (Lipinski definition) is 1. The fraction of sp³-hybridized carbons (Fsp3) is 0. The molecule has 2 nitrogen and oxygen atoms in total. The zero-order valence-corrected chi connectivity index (χ0v) is 10.1. The summed E-state index contributed by atoms with van der Waals surface area (Å²) in [4.78, 5) is 12.1. The maximum Gasteiger partial charge on any atom is 0.194 e. The summed E-state index contributed by atoms with van der Waals surface area (Å²) in [5.74, 6) is -0.0548. The Morgan fingerprint density at radius 1 is 0.882 bits per heavy atom. The number of ketones is 1. The minimum atomic E-state index is -0.0548. The van der Waals surface area contributed by atoms with Crippen LogP contribution in [0.5, 0.6) is 0 Å². The first-order chi connectivity index (χ1) is 8.08. The molecular formula is C13H7Cl2NO. The number of nitrogen functional groups attached to an aromatic ring is 1. The van der Waals surface area contributed by atoms with E-state index in [0.29, 0.717) is 26.9 Å². The van der Waals surface area contributed by atoms with Crippen LogP contribution in [0, 0.1) is 0 Å². The van der Waals surface area contributed by atoms with Crippen molar-refractivity contribution in [1.29, 1.82) is 0 Å². The quantitative estimate of drug-likeness (QED) is 0.628. The predicted octanol–water partition coefficient (Wildman–Crippen LogP) is 3.79. The summed E-state index contributed by atoms with van der Waals surface area (Å²) in [6, 6.07) is 8.60. The molecule has 2 aromatic carbocycles. The molecule has 0 radical (unpaired) electrons. The summed E-state index contributed by atoms with van der Waals surface area (Å²) in [5, 5.41) is 1.00. The van der Waals surface area contributed by atoms with Gasteiger partial charge in [0.15, 0.2) is 5.78 Å². The zero-order chi connectivity index (χ0) is 12.2. The summed E-state index contributed by atoms with van der Waals surface area (Å²) < 4.78 is 0. The average molecular weight is 264 g/mol. The van der Waals surface area contributed by atoms with Gasteiger partial charge in [-0.3, -0.25) is 4.79 Å². The Bertz CT molecular complexity index is 665. The highest BCUT2D eigenvalue weighted by Gasteiger charge is 2.27. The second kappa shape index (κ2) is 3.49. The number of carbonyl (C=O) groups is 1. The van der Waals surface area contributed by atoms with Gasteiger partial charge in [-0.05, 0) is 35.4 Å². The fourth-order valence-corrected chi connectivity index (χ4v) is 2.42. The molecule has 84 valence electrons. The first-order valence-corrected chi connectivity index (χ1v) is 5.77. The molecule has 0 atom stereocenters. The molecule has 0 aliphatic heterocycles. The van der Waals surface area contributed by atoms with Crippen molar-refractivity contribution < 1.29 is 4.79 Å². The lowest BCUT2D eigenvalue weighted by Crippen LogP contribution is -1.96. The molecule has 0 unspecified atom stereocenters. The Morgan fingerprint density at radius 2 is 1.59 bits per heavy atom. The van der Waals surface area contributed by atoms with Crippen molar-refractivity contribution in [3.05, 3.63) is 51.5 Å². The van der Waals surface area contributed by atoms with E-state index >= 15 is 0 Å². The number of benzene rings is 2. The van der Waals surface area contributed by atoms with E-state index in [4.69, 9.17) is 28.9 Å². The summed E-state index contributed by atoms with van der Waals surface area (Å²) >= 11 is 11.9. The number of carbonyl (C=O) groups excluding carboxylic acids is 1. The largest absolute Gasteiger partial charge is 0.398 e. The van der Waals surface area contributed by atoms with E-state index in [1.807, 2.05) is 6.07 Å². The third-order valence-electron chi connectivity index (χ3n) is 2.90. The van der Waals surface area contributed by atoms with Crippen LogP contribution in [0.3, 0.4) is 0 Å². The first-order valence-electron chi connectivity index (χ1n) is 5.01. The van der Waals surface area contributed by atoms with Crippen molar-refractivity contribution in [1.82, 2.24) is 0 Å². The van der Waals surface area contributed by atoms with Gasteiger partial charge in [0.1, 0.15) is 0 Å². The highest BCUT2D eigenvalue weighted by Crippen LogP contribution is 2.40. The van der Waals surface area contributed by atoms with E-state index in [0.717, 1.165) is 11.1 Å². The van der Waals surface area contributed by atoms with Gasteiger partial charge in [0.2, 0.25) is 0 Å². The van der Waals surface area contributed by atoms with Gasteiger partial charge < -0.3 is 5.73 Å². The zero-order valence-electron chi connectivity index (χ0n) is 8.63. The lowest BCUT2D eigenvalue weighted by molar-refractivity contribution is 0.104. The third-order valence-corrected chi connectivity index (χ3v) is 3.46. The van der Waals surface area contributed by atoms with E-state index in [1.54, 1.807) is 24.3 Å². The molecule has 4 heteroatoms. The Morgan fingerprint density at radius 3 is 2.35 bits per heavy atom. The second-order valence-corrected chi connectivity index (χ2v) is 4.78. The molecule has 3 rings (SSSR count). The van der Waals surface area contributed by atoms with Crippen molar-refractivity contribution in [3.8, 4) is 11.1 Å². The second-order valence-electron chi connectivity index (χ2n) is 3.94. The van der Waals surface area contributed by atoms with Gasteiger partial charge in [-0.2, -0.15) is 0 Å². The predicted molar refractivity (Wildman–Crippen MR) is 69.7 cm³/mol. The van der Waals surface area contributed by atoms with Gasteiger partial charge in [0, 0.05) is 16.1 Å². The highest BCUT2D eigenvalue weighted by atomic mass is 35.5. The SMILES string of the molecule is Nc1cc2c(cc1Cl)-c1ccc(Cl)cc1C2=O. The highest BCUT2D eigenvalue weighted by molar-refractivity contribution is 6.35. The topological polar surface area (TPSA) is 43.1 Å². The lowest BCUT2D eigenvalue weighted by atomic mass is 10.1. The van der Waals surface area contributed by atoms with Crippen molar-refractivity contribution in [2.24, 2.45) is 0 Å². The molecule has 0 saturated carbocycles. The minimum absolute atomic E-state index is 0.0548. The molecule has 0 saturated heterocycles. The maximum absolute atomic E-state index is 12.1. The average Bonchev–Trinajstić information content (AvgIpc) is 2.54. The normalized spacial score (nSPS) is 12.5. The molecule has 1 aliphatic carbocycles. The molecule has 17 heavy (non-hydrogen) atoms. The molecule has 0 bridgehead atoms. The Balaban J connectivity index is 2.35. The van der Waals surface area contributed by atoms with Gasteiger partial charge in [-0.15, -0.1) is 0 Å². The number of fused-ring (bicyclic) bond motifs is 3. The summed E-state index contributed by atoms with van der Waals surface area (Å²) in [7, 11) is 0. The van der Waals surface area contributed by atoms with Crippen LogP contribution in [0.1, 0.15) is 15.9 Å². The number of nitrogens with two attached hydrogens (primary N) is 1. The van der Waals surface area contributed by atoms with Crippen LogP contribution in [0.2, 0.25) is 10.0 Å². The molecule has 0 spiro atoms. The Hall–Kier alpha value is -1.51. The van der Waals surface area contributed by atoms with E-state index in [-0.39, 0.29) is 5.78 Å². The number of hydrogen-bond acceptors (Lipinski definition) is 2. The van der Waals surface area contributed by atoms with Crippen LogP contribution in [0.25, 0.3) is 11.1 Å². The van der Waals surface area contributed by atoms with E-state index < -0.39 is 0 Å². The van der Waals surface area contributed by atoms with Crippen LogP contribution >= 0.6 is 23.2 Å². The van der Waals surface area contributed by atoms with Crippen molar-refractivity contribution in [2.45, 2.75) is 0 Å². The maximum atomic E-state index is 12.1. The summed E-state index contributed by atoms with van der Waals surface area (Å²) in [5.41, 5.74) is 8.99. The Labute approximate surface area is 108 Å². The molecule has 0 amide bonds. The van der Waals surface area contributed by atoms with Crippen LogP contribution in [0.15, 0.2) is 30.3 Å². The van der Waals surface area contributed by atoms with Gasteiger partial charge in [-0.1, -0.05) is 29.3 Å². The smallest absolute Gasteiger partial charge is 0.194 e. The van der Waals surface area contributed by atoms with Crippen molar-refractivity contribution >= 4 is 34.7 Å². The molecule has 0 aromatic heterocycles. The van der Waals surface area contributed by atoms with E-state index in [9.17, 15) is 4.79 Å². The van der Waals surface area contributed by atoms with Crippen LogP contribution in [-0.4, -0.2) is 5.78 Å². The van der Waals surface area contributed by atoms with Gasteiger partial charge in [-0.25, -0.2) is 0 Å². The number of rotatable bonds is 0. The van der Waals surface area contributed by atoms with Gasteiger partial charge in [0.05, 0.1) is 10.7 Å². The lowest BCUT2D eigenvalue weighted by Gasteiger charge is -2.03. The van der Waals surface area contributed by atoms with Crippen LogP contribution in [-0.2, 0) is 0 Å². The number of halogens is 2. The van der Waals surface area contributed by atoms with E-state index in [1.165, 1.54) is 0 Å². The summed E-state index contributed by atoms with van der Waals surface area (Å²) in [6.45, 7) is 0. The van der Waals surface area contributed by atoms with E-state index in [2.05, 4.69) is 0 Å². The molecule has 0 fully saturated rings. The molecular weight excluding hydrogens is 257 g/mol. The first kappa shape index (κ1) is 10.6. The van der Waals surface area contributed by atoms with Crippen LogP contribution in [0.4, 0.5) is 5.69 Å². The minimum Gasteiger partial charge on any atom is -0.398 e.